The number of hydrogen-bond donors (Lipinski definition) is 2. The molecule has 0 aromatic heterocycles. The summed E-state index contributed by atoms with van der Waals surface area (Å²) in [6, 6.07) is 10.8. The minimum atomic E-state index is -0.335. The van der Waals surface area contributed by atoms with E-state index in [0.717, 1.165) is 0 Å². The van der Waals surface area contributed by atoms with Crippen molar-refractivity contribution in [2.75, 3.05) is 13.6 Å². The van der Waals surface area contributed by atoms with Gasteiger partial charge in [-0.3, -0.25) is 4.99 Å². The minimum absolute atomic E-state index is 0. The molecule has 0 spiro atoms. The van der Waals surface area contributed by atoms with Crippen molar-refractivity contribution in [3.63, 3.8) is 0 Å². The molecule has 1 aliphatic rings. The molecule has 0 saturated heterocycles. The van der Waals surface area contributed by atoms with Crippen LogP contribution in [0.3, 0.4) is 0 Å². The van der Waals surface area contributed by atoms with Gasteiger partial charge in [0, 0.05) is 25.6 Å². The molecule has 21 heavy (non-hydrogen) atoms. The van der Waals surface area contributed by atoms with Gasteiger partial charge in [-0.15, -0.1) is 24.0 Å². The minimum Gasteiger partial charge on any atom is -0.393 e. The molecule has 0 aliphatic heterocycles. The number of nitrogens with two attached hydrogens (primary N) is 1. The molecule has 1 aromatic carbocycles. The van der Waals surface area contributed by atoms with E-state index in [9.17, 15) is 5.11 Å². The van der Waals surface area contributed by atoms with Gasteiger partial charge in [0.15, 0.2) is 5.96 Å². The van der Waals surface area contributed by atoms with Gasteiger partial charge in [-0.2, -0.15) is 0 Å². The first-order chi connectivity index (χ1) is 9.58. The van der Waals surface area contributed by atoms with E-state index in [2.05, 4.69) is 22.0 Å². The molecule has 118 valence electrons. The number of aliphatic hydroxyl groups excluding tert-OH is 1. The van der Waals surface area contributed by atoms with Gasteiger partial charge in [0.2, 0.25) is 0 Å². The van der Waals surface area contributed by atoms with E-state index >= 15 is 0 Å². The normalized spacial score (nSPS) is 17.8. The Kier molecular flexibility index (Phi) is 7.45. The third kappa shape index (κ3) is 5.82. The summed E-state index contributed by atoms with van der Waals surface area (Å²) in [4.78, 5) is 6.58. The summed E-state index contributed by atoms with van der Waals surface area (Å²) in [7, 11) is 2.00. The van der Waals surface area contributed by atoms with Gasteiger partial charge >= 0.3 is 0 Å². The second kappa shape index (κ2) is 8.58. The fourth-order valence-corrected chi connectivity index (χ4v) is 2.42. The van der Waals surface area contributed by atoms with Crippen molar-refractivity contribution < 1.29 is 5.11 Å². The van der Waals surface area contributed by atoms with E-state index in [1.807, 2.05) is 32.2 Å². The molecule has 1 aliphatic carbocycles. The lowest BCUT2D eigenvalue weighted by molar-refractivity contribution is 0.175. The Balaban J connectivity index is 0.00000220. The average Bonchev–Trinajstić information content (AvgIpc) is 3.27. The molecular weight excluding hydrogens is 377 g/mol. The van der Waals surface area contributed by atoms with Crippen LogP contribution in [0.15, 0.2) is 35.3 Å². The van der Waals surface area contributed by atoms with Gasteiger partial charge in [0.05, 0.1) is 6.10 Å². The molecule has 5 heteroatoms. The van der Waals surface area contributed by atoms with Crippen LogP contribution in [0.4, 0.5) is 0 Å². The van der Waals surface area contributed by atoms with Crippen LogP contribution in [-0.4, -0.2) is 41.7 Å². The number of hydrogen-bond acceptors (Lipinski definition) is 2. The maximum Gasteiger partial charge on any atom is 0.191 e. The van der Waals surface area contributed by atoms with E-state index in [1.165, 1.54) is 18.4 Å². The van der Waals surface area contributed by atoms with Crippen molar-refractivity contribution in [3.05, 3.63) is 35.9 Å². The van der Waals surface area contributed by atoms with E-state index in [1.54, 1.807) is 0 Å². The molecule has 2 unspecified atom stereocenters. The predicted molar refractivity (Wildman–Crippen MR) is 98.2 cm³/mol. The van der Waals surface area contributed by atoms with E-state index < -0.39 is 0 Å². The second-order valence-electron chi connectivity index (χ2n) is 5.73. The van der Waals surface area contributed by atoms with Gasteiger partial charge in [-0.1, -0.05) is 30.3 Å². The van der Waals surface area contributed by atoms with E-state index in [0.29, 0.717) is 25.0 Å². The number of benzene rings is 1. The number of aliphatic imine (C=N–C) groups is 1. The third-order valence-corrected chi connectivity index (χ3v) is 3.83. The van der Waals surface area contributed by atoms with Crippen LogP contribution in [0, 0.1) is 0 Å². The van der Waals surface area contributed by atoms with Crippen molar-refractivity contribution in [3.8, 4) is 0 Å². The summed E-state index contributed by atoms with van der Waals surface area (Å²) in [5.41, 5.74) is 7.24. The van der Waals surface area contributed by atoms with Crippen LogP contribution in [0.1, 0.15) is 37.7 Å². The lowest BCUT2D eigenvalue weighted by Crippen LogP contribution is -2.36. The molecule has 0 heterocycles. The monoisotopic (exact) mass is 403 g/mol. The number of rotatable bonds is 6. The first-order valence-electron chi connectivity index (χ1n) is 7.33. The zero-order valence-corrected chi connectivity index (χ0v) is 15.1. The van der Waals surface area contributed by atoms with Crippen LogP contribution in [0.2, 0.25) is 0 Å². The van der Waals surface area contributed by atoms with Crippen molar-refractivity contribution in [2.24, 2.45) is 10.7 Å². The Morgan fingerprint density at radius 1 is 1.38 bits per heavy atom. The highest BCUT2D eigenvalue weighted by molar-refractivity contribution is 14.0. The number of guanidine groups is 1. The summed E-state index contributed by atoms with van der Waals surface area (Å²) in [5, 5.41) is 9.67. The van der Waals surface area contributed by atoms with Gasteiger partial charge in [-0.05, 0) is 31.7 Å². The second-order valence-corrected chi connectivity index (χ2v) is 5.73. The first-order valence-corrected chi connectivity index (χ1v) is 7.33. The largest absolute Gasteiger partial charge is 0.393 e. The van der Waals surface area contributed by atoms with Crippen molar-refractivity contribution in [1.82, 2.24) is 4.90 Å². The number of halogens is 1. The maximum atomic E-state index is 9.67. The molecule has 2 atom stereocenters. The van der Waals surface area contributed by atoms with Gasteiger partial charge < -0.3 is 15.7 Å². The maximum absolute atomic E-state index is 9.67. The summed E-state index contributed by atoms with van der Waals surface area (Å²) in [6.07, 6.45) is 2.79. The topological polar surface area (TPSA) is 61.9 Å². The quantitative estimate of drug-likeness (QED) is 0.436. The molecule has 1 fully saturated rings. The molecule has 3 N–H and O–H groups in total. The molecule has 0 radical (unpaired) electrons. The lowest BCUT2D eigenvalue weighted by Gasteiger charge is -2.20. The average molecular weight is 403 g/mol. The van der Waals surface area contributed by atoms with Crippen molar-refractivity contribution in [2.45, 2.75) is 44.2 Å². The standard InChI is InChI=1S/C16H25N3O.HI/c1-12(20)10-14(13-6-4-3-5-7-13)11-18-16(17)19(2)15-8-9-15;/h3-7,12,14-15,20H,8-11H2,1-2H3,(H2,17,18);1H. The number of nitrogens with zero attached hydrogens (tertiary/aromatic N) is 2. The summed E-state index contributed by atoms with van der Waals surface area (Å²) in [5.74, 6) is 0.821. The van der Waals surface area contributed by atoms with Crippen LogP contribution in [-0.2, 0) is 0 Å². The van der Waals surface area contributed by atoms with Crippen LogP contribution in [0.5, 0.6) is 0 Å². The highest BCUT2D eigenvalue weighted by atomic mass is 127. The Morgan fingerprint density at radius 2 is 2.00 bits per heavy atom. The SMILES string of the molecule is CC(O)CC(CN=C(N)N(C)C1CC1)c1ccccc1.I. The van der Waals surface area contributed by atoms with E-state index in [-0.39, 0.29) is 36.0 Å². The van der Waals surface area contributed by atoms with Crippen LogP contribution >= 0.6 is 24.0 Å². The molecular formula is C16H26IN3O. The van der Waals surface area contributed by atoms with Gasteiger partial charge in [-0.25, -0.2) is 0 Å². The molecule has 0 amide bonds. The lowest BCUT2D eigenvalue weighted by atomic mass is 9.93. The van der Waals surface area contributed by atoms with Crippen molar-refractivity contribution >= 4 is 29.9 Å². The van der Waals surface area contributed by atoms with Crippen LogP contribution < -0.4 is 5.73 Å². The van der Waals surface area contributed by atoms with Crippen LogP contribution in [0.25, 0.3) is 0 Å². The highest BCUT2D eigenvalue weighted by Gasteiger charge is 2.27. The number of aliphatic hydroxyl groups is 1. The molecule has 0 bridgehead atoms. The zero-order chi connectivity index (χ0) is 14.5. The summed E-state index contributed by atoms with van der Waals surface area (Å²) in [6.45, 7) is 2.44. The van der Waals surface area contributed by atoms with E-state index in [4.69, 9.17) is 5.73 Å². The Hall–Kier alpha value is -0.820. The highest BCUT2D eigenvalue weighted by Crippen LogP contribution is 2.25. The Labute approximate surface area is 144 Å². The third-order valence-electron chi connectivity index (χ3n) is 3.83. The fraction of sp³-hybridized carbons (Fsp3) is 0.562. The Morgan fingerprint density at radius 3 is 2.52 bits per heavy atom. The van der Waals surface area contributed by atoms with Gasteiger partial charge in [0.25, 0.3) is 0 Å². The first kappa shape index (κ1) is 18.2. The van der Waals surface area contributed by atoms with Crippen molar-refractivity contribution in [1.29, 1.82) is 0 Å². The van der Waals surface area contributed by atoms with Gasteiger partial charge in [0.1, 0.15) is 0 Å². The molecule has 1 aromatic rings. The summed E-state index contributed by atoms with van der Waals surface area (Å²) < 4.78 is 0. The molecule has 4 nitrogen and oxygen atoms in total. The molecule has 2 rings (SSSR count). The Bertz CT molecular complexity index is 446. The fourth-order valence-electron chi connectivity index (χ4n) is 2.42. The smallest absolute Gasteiger partial charge is 0.191 e. The zero-order valence-electron chi connectivity index (χ0n) is 12.8. The summed E-state index contributed by atoms with van der Waals surface area (Å²) >= 11 is 0. The predicted octanol–water partition coefficient (Wildman–Crippen LogP) is 2.57. The molecule has 1 saturated carbocycles.